The number of carboxylic acids is 1. The molecule has 0 unspecified atom stereocenters. The lowest BCUT2D eigenvalue weighted by Gasteiger charge is -2.22. The van der Waals surface area contributed by atoms with Gasteiger partial charge in [0.05, 0.1) is 6.42 Å². The fourth-order valence-electron chi connectivity index (χ4n) is 2.01. The van der Waals surface area contributed by atoms with E-state index in [0.29, 0.717) is 30.0 Å². The molecule has 0 atom stereocenters. The summed E-state index contributed by atoms with van der Waals surface area (Å²) in [5, 5.41) is 8.79. The van der Waals surface area contributed by atoms with Gasteiger partial charge in [0, 0.05) is 24.7 Å². The molecule has 2 rings (SSSR count). The monoisotopic (exact) mass is 279 g/mol. The van der Waals surface area contributed by atoms with Crippen LogP contribution in [-0.4, -0.2) is 30.3 Å². The first-order valence-electron chi connectivity index (χ1n) is 6.53. The van der Waals surface area contributed by atoms with Gasteiger partial charge in [-0.3, -0.25) is 9.59 Å². The van der Waals surface area contributed by atoms with Crippen molar-refractivity contribution in [3.8, 4) is 11.5 Å². The molecular formula is C14H17NO5. The molecule has 1 aromatic carbocycles. The summed E-state index contributed by atoms with van der Waals surface area (Å²) >= 11 is 0. The highest BCUT2D eigenvalue weighted by Crippen LogP contribution is 2.35. The van der Waals surface area contributed by atoms with Crippen LogP contribution in [-0.2, 0) is 9.59 Å². The molecule has 0 aromatic heterocycles. The van der Waals surface area contributed by atoms with Crippen molar-refractivity contribution in [3.63, 3.8) is 0 Å². The number of hydrogen-bond donors (Lipinski definition) is 1. The van der Waals surface area contributed by atoms with Gasteiger partial charge in [-0.15, -0.1) is 0 Å². The number of carboxylic acid groups (broad SMARTS) is 1. The number of aliphatic carboxylic acids is 1. The first kappa shape index (κ1) is 14.2. The number of hydrogen-bond acceptors (Lipinski definition) is 4. The summed E-state index contributed by atoms with van der Waals surface area (Å²) in [6, 6.07) is 5.17. The second-order valence-electron chi connectivity index (χ2n) is 4.48. The smallest absolute Gasteiger partial charge is 0.305 e. The van der Waals surface area contributed by atoms with Crippen LogP contribution in [0.2, 0.25) is 0 Å². The Kier molecular flexibility index (Phi) is 4.45. The highest BCUT2D eigenvalue weighted by molar-refractivity contribution is 5.94. The Labute approximate surface area is 116 Å². The molecule has 20 heavy (non-hydrogen) atoms. The zero-order valence-corrected chi connectivity index (χ0v) is 11.3. The molecular weight excluding hydrogens is 262 g/mol. The summed E-state index contributed by atoms with van der Waals surface area (Å²) in [6.07, 6.45) is 1.00. The van der Waals surface area contributed by atoms with Crippen LogP contribution in [0, 0.1) is 0 Å². The molecule has 0 bridgehead atoms. The van der Waals surface area contributed by atoms with Crippen LogP contribution in [0.4, 0.5) is 5.69 Å². The molecule has 1 aliphatic heterocycles. The quantitative estimate of drug-likeness (QED) is 0.862. The Morgan fingerprint density at radius 2 is 2.00 bits per heavy atom. The fourth-order valence-corrected chi connectivity index (χ4v) is 2.01. The summed E-state index contributed by atoms with van der Waals surface area (Å²) in [6.45, 7) is 2.22. The van der Waals surface area contributed by atoms with Crippen molar-refractivity contribution in [2.24, 2.45) is 0 Å². The molecule has 1 amide bonds. The van der Waals surface area contributed by atoms with Gasteiger partial charge in [0.25, 0.3) is 0 Å². The van der Waals surface area contributed by atoms with Crippen molar-refractivity contribution in [2.45, 2.75) is 26.2 Å². The largest absolute Gasteiger partial charge is 0.481 e. The Balaban J connectivity index is 2.20. The summed E-state index contributed by atoms with van der Waals surface area (Å²) in [4.78, 5) is 24.3. The minimum absolute atomic E-state index is 0.0902. The van der Waals surface area contributed by atoms with E-state index in [1.54, 1.807) is 18.2 Å². The van der Waals surface area contributed by atoms with Gasteiger partial charge >= 0.3 is 5.97 Å². The zero-order valence-electron chi connectivity index (χ0n) is 11.3. The molecule has 0 fully saturated rings. The molecule has 6 heteroatoms. The highest BCUT2D eigenvalue weighted by Gasteiger charge is 2.20. The number of rotatable bonds is 6. The van der Waals surface area contributed by atoms with Crippen LogP contribution < -0.4 is 14.4 Å². The lowest BCUT2D eigenvalue weighted by Crippen LogP contribution is -2.32. The zero-order chi connectivity index (χ0) is 14.5. The minimum atomic E-state index is -0.931. The van der Waals surface area contributed by atoms with Crippen LogP contribution in [0.3, 0.4) is 0 Å². The third-order valence-corrected chi connectivity index (χ3v) is 2.98. The van der Waals surface area contributed by atoms with E-state index in [2.05, 4.69) is 0 Å². The molecule has 0 saturated carbocycles. The standard InChI is InChI=1S/C14H17NO5/c1-2-3-13(16)15(7-6-14(17)18)10-4-5-11-12(8-10)20-9-19-11/h4-5,8H,2-3,6-7,9H2,1H3,(H,17,18). The predicted molar refractivity (Wildman–Crippen MR) is 72.1 cm³/mol. The van der Waals surface area contributed by atoms with Crippen LogP contribution in [0.15, 0.2) is 18.2 Å². The Morgan fingerprint density at radius 1 is 1.25 bits per heavy atom. The van der Waals surface area contributed by atoms with E-state index >= 15 is 0 Å². The van der Waals surface area contributed by atoms with Crippen molar-refractivity contribution < 1.29 is 24.2 Å². The van der Waals surface area contributed by atoms with Crippen molar-refractivity contribution in [1.82, 2.24) is 0 Å². The molecule has 6 nitrogen and oxygen atoms in total. The van der Waals surface area contributed by atoms with Gasteiger partial charge in [-0.25, -0.2) is 0 Å². The average molecular weight is 279 g/mol. The minimum Gasteiger partial charge on any atom is -0.481 e. The summed E-state index contributed by atoms with van der Waals surface area (Å²) in [7, 11) is 0. The molecule has 0 aliphatic carbocycles. The Bertz CT molecular complexity index is 514. The maximum Gasteiger partial charge on any atom is 0.305 e. The molecule has 1 N–H and O–H groups in total. The van der Waals surface area contributed by atoms with E-state index in [4.69, 9.17) is 14.6 Å². The van der Waals surface area contributed by atoms with E-state index in [-0.39, 0.29) is 25.7 Å². The van der Waals surface area contributed by atoms with Crippen LogP contribution in [0.5, 0.6) is 11.5 Å². The number of ether oxygens (including phenoxy) is 2. The summed E-state index contributed by atoms with van der Waals surface area (Å²) in [5.41, 5.74) is 0.633. The van der Waals surface area contributed by atoms with Crippen molar-refractivity contribution in [1.29, 1.82) is 0 Å². The lowest BCUT2D eigenvalue weighted by molar-refractivity contribution is -0.136. The van der Waals surface area contributed by atoms with Gasteiger partial charge in [0.15, 0.2) is 11.5 Å². The Hall–Kier alpha value is -2.24. The number of nitrogens with zero attached hydrogens (tertiary/aromatic N) is 1. The number of benzene rings is 1. The maximum absolute atomic E-state index is 12.1. The predicted octanol–water partition coefficient (Wildman–Crippen LogP) is 2.02. The van der Waals surface area contributed by atoms with Crippen LogP contribution in [0.25, 0.3) is 0 Å². The summed E-state index contributed by atoms with van der Waals surface area (Å²) < 4.78 is 10.5. The SMILES string of the molecule is CCCC(=O)N(CCC(=O)O)c1ccc2c(c1)OCO2. The van der Waals surface area contributed by atoms with Crippen molar-refractivity contribution >= 4 is 17.6 Å². The number of carbonyl (C=O) groups excluding carboxylic acids is 1. The topological polar surface area (TPSA) is 76.1 Å². The number of fused-ring (bicyclic) bond motifs is 1. The van der Waals surface area contributed by atoms with E-state index in [0.717, 1.165) is 0 Å². The van der Waals surface area contributed by atoms with Gasteiger partial charge < -0.3 is 19.5 Å². The van der Waals surface area contributed by atoms with Crippen molar-refractivity contribution in [2.75, 3.05) is 18.2 Å². The van der Waals surface area contributed by atoms with E-state index < -0.39 is 5.97 Å². The van der Waals surface area contributed by atoms with Gasteiger partial charge in [0.1, 0.15) is 0 Å². The maximum atomic E-state index is 12.1. The van der Waals surface area contributed by atoms with Gasteiger partial charge in [-0.1, -0.05) is 6.92 Å². The molecule has 0 saturated heterocycles. The second-order valence-corrected chi connectivity index (χ2v) is 4.48. The number of carbonyl (C=O) groups is 2. The molecule has 108 valence electrons. The number of amides is 1. The van der Waals surface area contributed by atoms with E-state index in [9.17, 15) is 9.59 Å². The lowest BCUT2D eigenvalue weighted by atomic mass is 10.2. The van der Waals surface area contributed by atoms with Crippen LogP contribution in [0.1, 0.15) is 26.2 Å². The fraction of sp³-hybridized carbons (Fsp3) is 0.429. The first-order valence-corrected chi connectivity index (χ1v) is 6.53. The van der Waals surface area contributed by atoms with Gasteiger partial charge in [-0.05, 0) is 18.6 Å². The summed E-state index contributed by atoms with van der Waals surface area (Å²) in [5.74, 6) is 0.189. The molecule has 1 aromatic rings. The second kappa shape index (κ2) is 6.27. The molecule has 0 radical (unpaired) electrons. The Morgan fingerprint density at radius 3 is 2.70 bits per heavy atom. The van der Waals surface area contributed by atoms with Gasteiger partial charge in [0.2, 0.25) is 12.7 Å². The third-order valence-electron chi connectivity index (χ3n) is 2.98. The van der Waals surface area contributed by atoms with E-state index in [1.807, 2.05) is 6.92 Å². The highest BCUT2D eigenvalue weighted by atomic mass is 16.7. The molecule has 1 aliphatic rings. The first-order chi connectivity index (χ1) is 9.61. The van der Waals surface area contributed by atoms with Gasteiger partial charge in [-0.2, -0.15) is 0 Å². The molecule has 1 heterocycles. The van der Waals surface area contributed by atoms with Crippen LogP contribution >= 0.6 is 0 Å². The normalized spacial score (nSPS) is 12.2. The number of anilines is 1. The van der Waals surface area contributed by atoms with Crippen molar-refractivity contribution in [3.05, 3.63) is 18.2 Å². The molecule has 0 spiro atoms. The average Bonchev–Trinajstić information content (AvgIpc) is 2.86. The van der Waals surface area contributed by atoms with E-state index in [1.165, 1.54) is 4.90 Å². The third kappa shape index (κ3) is 3.20.